The second-order valence-electron chi connectivity index (χ2n) is 5.98. The molecular formula is C13H23NOS. The summed E-state index contributed by atoms with van der Waals surface area (Å²) in [5.41, 5.74) is 2.92. The molecule has 2 aliphatic heterocycles. The maximum atomic E-state index is 12.8. The molecule has 0 aromatic rings. The molecule has 0 amide bonds. The molecule has 0 spiro atoms. The lowest BCUT2D eigenvalue weighted by Crippen LogP contribution is -2.38. The van der Waals surface area contributed by atoms with Gasteiger partial charge in [0.1, 0.15) is 0 Å². The highest BCUT2D eigenvalue weighted by Crippen LogP contribution is 2.39. The average Bonchev–Trinajstić information content (AvgIpc) is 2.51. The first-order valence-electron chi connectivity index (χ1n) is 6.01. The third-order valence-electron chi connectivity index (χ3n) is 3.43. The zero-order valence-corrected chi connectivity index (χ0v) is 11.7. The fourth-order valence-electron chi connectivity index (χ4n) is 2.69. The molecule has 0 radical (unpaired) electrons. The van der Waals surface area contributed by atoms with Crippen LogP contribution in [0.1, 0.15) is 32.6 Å². The summed E-state index contributed by atoms with van der Waals surface area (Å²) in [6.07, 6.45) is 12.4. The van der Waals surface area contributed by atoms with Crippen LogP contribution in [0.25, 0.3) is 0 Å². The Morgan fingerprint density at radius 3 is 2.56 bits per heavy atom. The van der Waals surface area contributed by atoms with Crippen molar-refractivity contribution in [3.05, 3.63) is 22.4 Å². The predicted molar refractivity (Wildman–Crippen MR) is 71.9 cm³/mol. The summed E-state index contributed by atoms with van der Waals surface area (Å²) in [5.74, 6) is 0. The van der Waals surface area contributed by atoms with Crippen molar-refractivity contribution in [2.45, 2.75) is 32.6 Å². The van der Waals surface area contributed by atoms with Gasteiger partial charge in [0.2, 0.25) is 0 Å². The second kappa shape index (κ2) is 3.46. The van der Waals surface area contributed by atoms with Crippen molar-refractivity contribution in [1.29, 1.82) is 0 Å². The number of fused-ring (bicyclic) bond motifs is 1. The largest absolute Gasteiger partial charge is 0.340 e. The quantitative estimate of drug-likeness (QED) is 0.703. The van der Waals surface area contributed by atoms with Gasteiger partial charge in [0.05, 0.1) is 5.03 Å². The maximum absolute atomic E-state index is 12.8. The Balaban J connectivity index is 2.49. The zero-order valence-electron chi connectivity index (χ0n) is 10.9. The SMILES string of the molecule is CC1=C2CCCN2C(S(C)(C)(C)=O)=CCC1. The molecule has 0 atom stereocenters. The molecule has 2 aliphatic rings. The van der Waals surface area contributed by atoms with Gasteiger partial charge in [-0.2, -0.15) is 0 Å². The summed E-state index contributed by atoms with van der Waals surface area (Å²) in [7, 11) is -2.62. The van der Waals surface area contributed by atoms with Crippen molar-refractivity contribution in [3.63, 3.8) is 0 Å². The number of nitrogens with zero attached hydrogens (tertiary/aromatic N) is 1. The van der Waals surface area contributed by atoms with Crippen molar-refractivity contribution in [2.75, 3.05) is 25.3 Å². The molecule has 2 rings (SSSR count). The first-order chi connectivity index (χ1) is 7.26. The summed E-state index contributed by atoms with van der Waals surface area (Å²) in [6, 6.07) is 0. The molecule has 1 fully saturated rings. The van der Waals surface area contributed by atoms with Gasteiger partial charge in [0.25, 0.3) is 0 Å². The molecular weight excluding hydrogens is 218 g/mol. The van der Waals surface area contributed by atoms with Crippen molar-refractivity contribution in [3.8, 4) is 0 Å². The molecule has 0 aromatic heterocycles. The highest BCUT2D eigenvalue weighted by molar-refractivity contribution is 8.21. The molecule has 16 heavy (non-hydrogen) atoms. The Morgan fingerprint density at radius 2 is 1.94 bits per heavy atom. The van der Waals surface area contributed by atoms with Crippen LogP contribution in [-0.4, -0.2) is 34.4 Å². The first kappa shape index (κ1) is 11.9. The normalized spacial score (nSPS) is 24.6. The Kier molecular flexibility index (Phi) is 2.57. The highest BCUT2D eigenvalue weighted by Gasteiger charge is 2.34. The van der Waals surface area contributed by atoms with Gasteiger partial charge in [-0.05, 0) is 51.4 Å². The molecule has 0 saturated carbocycles. The summed E-state index contributed by atoms with van der Waals surface area (Å²) in [5, 5.41) is 1.08. The molecule has 92 valence electrons. The minimum Gasteiger partial charge on any atom is -0.340 e. The van der Waals surface area contributed by atoms with Crippen molar-refractivity contribution < 1.29 is 4.21 Å². The predicted octanol–water partition coefficient (Wildman–Crippen LogP) is 2.70. The van der Waals surface area contributed by atoms with Gasteiger partial charge in [-0.1, -0.05) is 20.7 Å². The molecule has 0 bridgehead atoms. The lowest BCUT2D eigenvalue weighted by Gasteiger charge is -2.38. The van der Waals surface area contributed by atoms with Crippen LogP contribution in [0.3, 0.4) is 0 Å². The second-order valence-corrected chi connectivity index (χ2v) is 11.2. The van der Waals surface area contributed by atoms with Crippen molar-refractivity contribution in [1.82, 2.24) is 4.90 Å². The van der Waals surface area contributed by atoms with Crippen LogP contribution in [-0.2, 0) is 9.07 Å². The molecule has 2 nitrogen and oxygen atoms in total. The Bertz CT molecular complexity index is 428. The maximum Gasteiger partial charge on any atom is 0.0797 e. The van der Waals surface area contributed by atoms with Crippen LogP contribution < -0.4 is 0 Å². The minimum atomic E-state index is -2.62. The van der Waals surface area contributed by atoms with Gasteiger partial charge in [-0.25, -0.2) is 0 Å². The molecule has 0 N–H and O–H groups in total. The zero-order chi connectivity index (χ0) is 12.0. The third-order valence-corrected chi connectivity index (χ3v) is 5.24. The Labute approximate surface area is 98.8 Å². The Morgan fingerprint density at radius 1 is 1.25 bits per heavy atom. The van der Waals surface area contributed by atoms with E-state index in [4.69, 9.17) is 0 Å². The van der Waals surface area contributed by atoms with E-state index in [0.717, 1.165) is 30.8 Å². The van der Waals surface area contributed by atoms with Crippen LogP contribution in [0.5, 0.6) is 0 Å². The van der Waals surface area contributed by atoms with Crippen LogP contribution in [0, 0.1) is 0 Å². The van der Waals surface area contributed by atoms with E-state index in [2.05, 4.69) is 17.9 Å². The molecule has 0 aliphatic carbocycles. The van der Waals surface area contributed by atoms with E-state index in [-0.39, 0.29) is 0 Å². The molecule has 2 heterocycles. The van der Waals surface area contributed by atoms with Gasteiger partial charge in [-0.15, -0.1) is 0 Å². The van der Waals surface area contributed by atoms with Crippen LogP contribution >= 0.6 is 0 Å². The van der Waals surface area contributed by atoms with E-state index in [0.29, 0.717) is 0 Å². The van der Waals surface area contributed by atoms with Crippen LogP contribution in [0.2, 0.25) is 0 Å². The molecule has 1 saturated heterocycles. The van der Waals surface area contributed by atoms with Gasteiger partial charge in [0.15, 0.2) is 0 Å². The van der Waals surface area contributed by atoms with E-state index in [1.54, 1.807) is 0 Å². The number of allylic oxidation sites excluding steroid dienone is 3. The number of hydrogen-bond acceptors (Lipinski definition) is 2. The highest BCUT2D eigenvalue weighted by atomic mass is 32.3. The summed E-state index contributed by atoms with van der Waals surface area (Å²) >= 11 is 0. The van der Waals surface area contributed by atoms with Crippen LogP contribution in [0.4, 0.5) is 0 Å². The molecule has 3 heteroatoms. The van der Waals surface area contributed by atoms with Gasteiger partial charge >= 0.3 is 0 Å². The van der Waals surface area contributed by atoms with Gasteiger partial charge < -0.3 is 4.90 Å². The standard InChI is InChI=1S/C13H23NOS/c1-11-7-5-9-13(16(2,3,4)15)14-10-6-8-12(11)14/h9H,5-8,10H2,1-4H3. The van der Waals surface area contributed by atoms with Crippen LogP contribution in [0.15, 0.2) is 22.4 Å². The lowest BCUT2D eigenvalue weighted by atomic mass is 10.1. The fourth-order valence-corrected chi connectivity index (χ4v) is 4.33. The third kappa shape index (κ3) is 2.10. The van der Waals surface area contributed by atoms with Gasteiger partial charge in [-0.3, -0.25) is 4.21 Å². The monoisotopic (exact) mass is 241 g/mol. The molecule has 0 aromatic carbocycles. The smallest absolute Gasteiger partial charge is 0.0797 e. The summed E-state index contributed by atoms with van der Waals surface area (Å²) in [4.78, 5) is 2.33. The van der Waals surface area contributed by atoms with Crippen molar-refractivity contribution >= 4 is 9.07 Å². The Hall–Kier alpha value is -0.570. The first-order valence-corrected chi connectivity index (χ1v) is 9.20. The van der Waals surface area contributed by atoms with E-state index in [1.165, 1.54) is 17.7 Å². The topological polar surface area (TPSA) is 20.3 Å². The van der Waals surface area contributed by atoms with E-state index in [9.17, 15) is 4.21 Å². The fraction of sp³-hybridized carbons (Fsp3) is 0.692. The lowest BCUT2D eigenvalue weighted by molar-refractivity contribution is 0.508. The van der Waals surface area contributed by atoms with E-state index < -0.39 is 9.07 Å². The average molecular weight is 241 g/mol. The minimum absolute atomic E-state index is 1.03. The van der Waals surface area contributed by atoms with E-state index >= 15 is 0 Å². The van der Waals surface area contributed by atoms with Gasteiger partial charge in [0, 0.05) is 12.2 Å². The van der Waals surface area contributed by atoms with E-state index in [1.807, 2.05) is 18.8 Å². The number of hydrogen-bond donors (Lipinski definition) is 0. The summed E-state index contributed by atoms with van der Waals surface area (Å²) < 4.78 is 12.8. The summed E-state index contributed by atoms with van der Waals surface area (Å²) in [6.45, 7) is 3.27. The molecule has 0 unspecified atom stereocenters. The number of rotatable bonds is 1. The van der Waals surface area contributed by atoms with Crippen molar-refractivity contribution in [2.24, 2.45) is 0 Å².